The van der Waals surface area contributed by atoms with Crippen LogP contribution in [0.4, 0.5) is 0 Å². The van der Waals surface area contributed by atoms with Gasteiger partial charge in [-0.15, -0.1) is 0 Å². The number of rotatable bonds is 6. The van der Waals surface area contributed by atoms with Crippen LogP contribution in [0.25, 0.3) is 0 Å². The van der Waals surface area contributed by atoms with Gasteiger partial charge in [0.15, 0.2) is 0 Å². The van der Waals surface area contributed by atoms with Crippen LogP contribution in [0.15, 0.2) is 0 Å². The molecule has 0 bridgehead atoms. The molecule has 2 saturated carbocycles. The van der Waals surface area contributed by atoms with Crippen molar-refractivity contribution in [3.05, 3.63) is 0 Å². The Bertz CT molecular complexity index is 250. The van der Waals surface area contributed by atoms with E-state index in [9.17, 15) is 0 Å². The lowest BCUT2D eigenvalue weighted by atomic mass is 10.3. The zero-order valence-corrected chi connectivity index (χ0v) is 14.2. The zero-order chi connectivity index (χ0) is 14.6. The second-order valence-electron chi connectivity index (χ2n) is 7.54. The Morgan fingerprint density at radius 1 is 1.00 bits per heavy atom. The summed E-state index contributed by atoms with van der Waals surface area (Å²) in [6, 6.07) is 1.38. The predicted octanol–water partition coefficient (Wildman–Crippen LogP) is 3.62. The first kappa shape index (κ1) is 17.0. The van der Waals surface area contributed by atoms with Crippen molar-refractivity contribution in [1.82, 2.24) is 10.2 Å². The van der Waals surface area contributed by atoms with Crippen molar-refractivity contribution in [2.24, 2.45) is 23.7 Å². The van der Waals surface area contributed by atoms with E-state index in [1.54, 1.807) is 0 Å². The SMILES string of the molecule is CC(C)NCC1CC1C.CC1CC1CN(C)C(C)C. The van der Waals surface area contributed by atoms with Crippen LogP contribution < -0.4 is 5.32 Å². The Hall–Kier alpha value is -0.0800. The summed E-state index contributed by atoms with van der Waals surface area (Å²) in [4.78, 5) is 2.44. The molecule has 4 atom stereocenters. The molecular weight excluding hydrogens is 232 g/mol. The van der Waals surface area contributed by atoms with E-state index in [1.165, 1.54) is 25.9 Å². The summed E-state index contributed by atoms with van der Waals surface area (Å²) in [6.45, 7) is 16.1. The van der Waals surface area contributed by atoms with Gasteiger partial charge in [0.05, 0.1) is 0 Å². The summed E-state index contributed by atoms with van der Waals surface area (Å²) in [5.74, 6) is 4.00. The number of nitrogens with zero attached hydrogens (tertiary/aromatic N) is 1. The molecule has 19 heavy (non-hydrogen) atoms. The molecule has 0 radical (unpaired) electrons. The maximum atomic E-state index is 3.44. The lowest BCUT2D eigenvalue weighted by Gasteiger charge is -2.20. The maximum absolute atomic E-state index is 3.44. The van der Waals surface area contributed by atoms with Crippen LogP contribution in [-0.4, -0.2) is 37.1 Å². The fourth-order valence-electron chi connectivity index (χ4n) is 2.30. The Balaban J connectivity index is 0.000000191. The summed E-state index contributed by atoms with van der Waals surface area (Å²) in [5, 5.41) is 3.44. The third-order valence-corrected chi connectivity index (χ3v) is 4.74. The highest BCUT2D eigenvalue weighted by Crippen LogP contribution is 2.38. The van der Waals surface area contributed by atoms with E-state index in [-0.39, 0.29) is 0 Å². The van der Waals surface area contributed by atoms with E-state index in [4.69, 9.17) is 0 Å². The molecule has 0 saturated heterocycles. The van der Waals surface area contributed by atoms with Gasteiger partial charge in [-0.05, 0) is 64.0 Å². The van der Waals surface area contributed by atoms with Gasteiger partial charge in [-0.2, -0.15) is 0 Å². The molecule has 114 valence electrons. The molecule has 2 rings (SSSR count). The summed E-state index contributed by atoms with van der Waals surface area (Å²) < 4.78 is 0. The van der Waals surface area contributed by atoms with Crippen LogP contribution in [0.1, 0.15) is 54.4 Å². The minimum absolute atomic E-state index is 0.665. The van der Waals surface area contributed by atoms with Gasteiger partial charge in [0, 0.05) is 18.6 Å². The zero-order valence-electron chi connectivity index (χ0n) is 14.2. The van der Waals surface area contributed by atoms with Crippen molar-refractivity contribution in [3.8, 4) is 0 Å². The van der Waals surface area contributed by atoms with Crippen LogP contribution in [-0.2, 0) is 0 Å². The minimum atomic E-state index is 0.665. The Labute approximate surface area is 121 Å². The monoisotopic (exact) mass is 268 g/mol. The van der Waals surface area contributed by atoms with Crippen LogP contribution in [0.2, 0.25) is 0 Å². The first-order chi connectivity index (χ1) is 8.81. The lowest BCUT2D eigenvalue weighted by molar-refractivity contribution is 0.259. The van der Waals surface area contributed by atoms with E-state index in [1.807, 2.05) is 0 Å². The van der Waals surface area contributed by atoms with Crippen molar-refractivity contribution < 1.29 is 0 Å². The average molecular weight is 268 g/mol. The van der Waals surface area contributed by atoms with E-state index < -0.39 is 0 Å². The number of nitrogens with one attached hydrogen (secondary N) is 1. The molecular formula is C17H36N2. The molecule has 0 heterocycles. The molecule has 0 aromatic rings. The Morgan fingerprint density at radius 2 is 1.47 bits per heavy atom. The van der Waals surface area contributed by atoms with E-state index in [2.05, 4.69) is 58.8 Å². The minimum Gasteiger partial charge on any atom is -0.314 e. The Morgan fingerprint density at radius 3 is 1.79 bits per heavy atom. The number of hydrogen-bond donors (Lipinski definition) is 1. The van der Waals surface area contributed by atoms with Gasteiger partial charge in [-0.1, -0.05) is 27.7 Å². The van der Waals surface area contributed by atoms with Crippen molar-refractivity contribution in [3.63, 3.8) is 0 Å². The topological polar surface area (TPSA) is 15.3 Å². The predicted molar refractivity (Wildman–Crippen MR) is 85.4 cm³/mol. The second-order valence-corrected chi connectivity index (χ2v) is 7.54. The van der Waals surface area contributed by atoms with Gasteiger partial charge in [-0.3, -0.25) is 0 Å². The highest BCUT2D eigenvalue weighted by molar-refractivity contribution is 4.85. The molecule has 0 spiro atoms. The standard InChI is InChI=1S/C9H19N.C8H17N/c1-7(2)10(4)6-9-5-8(9)3;1-6(2)9-5-8-4-7(8)3/h7-9H,5-6H2,1-4H3;6-9H,4-5H2,1-3H3. The molecule has 2 fully saturated rings. The van der Waals surface area contributed by atoms with E-state index in [0.717, 1.165) is 23.7 Å². The highest BCUT2D eigenvalue weighted by Gasteiger charge is 2.33. The molecule has 4 unspecified atom stereocenters. The molecule has 0 amide bonds. The van der Waals surface area contributed by atoms with Gasteiger partial charge in [0.25, 0.3) is 0 Å². The van der Waals surface area contributed by atoms with Gasteiger partial charge in [0.1, 0.15) is 0 Å². The van der Waals surface area contributed by atoms with Gasteiger partial charge in [0.2, 0.25) is 0 Å². The first-order valence-electron chi connectivity index (χ1n) is 8.24. The summed E-state index contributed by atoms with van der Waals surface area (Å²) in [7, 11) is 2.22. The van der Waals surface area contributed by atoms with Crippen LogP contribution in [0, 0.1) is 23.7 Å². The van der Waals surface area contributed by atoms with Gasteiger partial charge < -0.3 is 10.2 Å². The summed E-state index contributed by atoms with van der Waals surface area (Å²) in [6.07, 6.45) is 2.90. The van der Waals surface area contributed by atoms with Crippen LogP contribution in [0.5, 0.6) is 0 Å². The molecule has 2 heteroatoms. The highest BCUT2D eigenvalue weighted by atomic mass is 15.1. The molecule has 1 N–H and O–H groups in total. The molecule has 2 aliphatic rings. The number of hydrogen-bond acceptors (Lipinski definition) is 2. The first-order valence-corrected chi connectivity index (χ1v) is 8.24. The second kappa shape index (κ2) is 7.64. The maximum Gasteiger partial charge on any atom is 0.00356 e. The third-order valence-electron chi connectivity index (χ3n) is 4.74. The van der Waals surface area contributed by atoms with Crippen molar-refractivity contribution in [1.29, 1.82) is 0 Å². The van der Waals surface area contributed by atoms with Crippen molar-refractivity contribution in [2.75, 3.05) is 20.1 Å². The van der Waals surface area contributed by atoms with Crippen molar-refractivity contribution >= 4 is 0 Å². The third kappa shape index (κ3) is 7.31. The van der Waals surface area contributed by atoms with Crippen LogP contribution >= 0.6 is 0 Å². The lowest BCUT2D eigenvalue weighted by Crippen LogP contribution is -2.28. The van der Waals surface area contributed by atoms with E-state index >= 15 is 0 Å². The molecule has 2 nitrogen and oxygen atoms in total. The van der Waals surface area contributed by atoms with E-state index in [0.29, 0.717) is 12.1 Å². The average Bonchev–Trinajstić information content (AvgIpc) is 3.18. The quantitative estimate of drug-likeness (QED) is 0.791. The molecule has 0 aliphatic heterocycles. The smallest absolute Gasteiger partial charge is 0.00356 e. The fourth-order valence-corrected chi connectivity index (χ4v) is 2.30. The fraction of sp³-hybridized carbons (Fsp3) is 1.00. The van der Waals surface area contributed by atoms with Crippen LogP contribution in [0.3, 0.4) is 0 Å². The molecule has 0 aromatic heterocycles. The summed E-state index contributed by atoms with van der Waals surface area (Å²) in [5.41, 5.74) is 0. The normalized spacial score (nSPS) is 32.5. The largest absolute Gasteiger partial charge is 0.314 e. The Kier molecular flexibility index (Phi) is 6.82. The van der Waals surface area contributed by atoms with Crippen molar-refractivity contribution in [2.45, 2.75) is 66.5 Å². The molecule has 2 aliphatic carbocycles. The van der Waals surface area contributed by atoms with Gasteiger partial charge >= 0.3 is 0 Å². The summed E-state index contributed by atoms with van der Waals surface area (Å²) >= 11 is 0. The van der Waals surface area contributed by atoms with Gasteiger partial charge in [-0.25, -0.2) is 0 Å². The molecule has 0 aromatic carbocycles.